The molecule has 144 valence electrons. The summed E-state index contributed by atoms with van der Waals surface area (Å²) in [6.45, 7) is 2.48. The fourth-order valence-corrected chi connectivity index (χ4v) is 3.41. The number of carbonyl (C=O) groups excluding carboxylic acids is 1. The molecule has 1 unspecified atom stereocenters. The molecule has 4 rings (SSSR count). The molecular weight excluding hydrogens is 358 g/mol. The van der Waals surface area contributed by atoms with E-state index in [2.05, 4.69) is 10.1 Å². The van der Waals surface area contributed by atoms with Crippen molar-refractivity contribution in [1.82, 2.24) is 10.1 Å². The number of anilines is 1. The Morgan fingerprint density at radius 3 is 2.46 bits per heavy atom. The van der Waals surface area contributed by atoms with Crippen LogP contribution < -0.4 is 14.4 Å². The third-order valence-corrected chi connectivity index (χ3v) is 4.98. The van der Waals surface area contributed by atoms with Crippen molar-refractivity contribution in [2.75, 3.05) is 25.7 Å². The van der Waals surface area contributed by atoms with Crippen LogP contribution in [0.4, 0.5) is 5.69 Å². The van der Waals surface area contributed by atoms with Crippen LogP contribution in [0.3, 0.4) is 0 Å². The Kier molecular flexibility index (Phi) is 4.73. The zero-order valence-corrected chi connectivity index (χ0v) is 16.0. The van der Waals surface area contributed by atoms with E-state index in [1.165, 1.54) is 0 Å². The zero-order valence-electron chi connectivity index (χ0n) is 16.0. The van der Waals surface area contributed by atoms with Crippen LogP contribution in [0.15, 0.2) is 47.0 Å². The highest BCUT2D eigenvalue weighted by atomic mass is 16.5. The summed E-state index contributed by atoms with van der Waals surface area (Å²) in [4.78, 5) is 18.8. The number of hydrogen-bond acceptors (Lipinski definition) is 6. The first kappa shape index (κ1) is 18.0. The van der Waals surface area contributed by atoms with Gasteiger partial charge in [0.15, 0.2) is 5.82 Å². The molecule has 1 fully saturated rings. The summed E-state index contributed by atoms with van der Waals surface area (Å²) in [7, 11) is 3.25. The predicted octanol–water partition coefficient (Wildman–Crippen LogP) is 3.58. The van der Waals surface area contributed by atoms with Gasteiger partial charge in [-0.05, 0) is 55.0 Å². The fourth-order valence-electron chi connectivity index (χ4n) is 3.41. The Morgan fingerprint density at radius 2 is 1.79 bits per heavy atom. The molecule has 2 aromatic carbocycles. The second-order valence-corrected chi connectivity index (χ2v) is 6.74. The molecule has 1 amide bonds. The summed E-state index contributed by atoms with van der Waals surface area (Å²) >= 11 is 0. The van der Waals surface area contributed by atoms with E-state index in [4.69, 9.17) is 14.0 Å². The number of ether oxygens (including phenoxy) is 2. The first-order valence-electron chi connectivity index (χ1n) is 9.02. The molecule has 0 aliphatic carbocycles. The van der Waals surface area contributed by atoms with Crippen LogP contribution in [0.25, 0.3) is 11.5 Å². The van der Waals surface area contributed by atoms with Crippen molar-refractivity contribution in [3.63, 3.8) is 0 Å². The van der Waals surface area contributed by atoms with Gasteiger partial charge in [0.2, 0.25) is 5.91 Å². The standard InChI is InChI=1S/C21H21N3O4/c1-13-10-17(27-3)8-9-18(13)21-22-20(23-28-21)14-11-19(25)24(12-14)15-4-6-16(26-2)7-5-15/h4-10,14H,11-12H2,1-3H3. The molecule has 0 N–H and O–H groups in total. The maximum Gasteiger partial charge on any atom is 0.258 e. The van der Waals surface area contributed by atoms with E-state index in [0.29, 0.717) is 24.7 Å². The van der Waals surface area contributed by atoms with Crippen molar-refractivity contribution < 1.29 is 18.8 Å². The van der Waals surface area contributed by atoms with E-state index in [1.54, 1.807) is 19.1 Å². The van der Waals surface area contributed by atoms with Gasteiger partial charge in [0.1, 0.15) is 11.5 Å². The van der Waals surface area contributed by atoms with Crippen molar-refractivity contribution in [3.05, 3.63) is 53.9 Å². The van der Waals surface area contributed by atoms with E-state index >= 15 is 0 Å². The minimum atomic E-state index is -0.106. The number of benzene rings is 2. The van der Waals surface area contributed by atoms with Crippen molar-refractivity contribution in [2.45, 2.75) is 19.3 Å². The highest BCUT2D eigenvalue weighted by Crippen LogP contribution is 2.33. The van der Waals surface area contributed by atoms with Gasteiger partial charge in [-0.15, -0.1) is 0 Å². The van der Waals surface area contributed by atoms with Gasteiger partial charge >= 0.3 is 0 Å². The van der Waals surface area contributed by atoms with E-state index in [9.17, 15) is 4.79 Å². The van der Waals surface area contributed by atoms with E-state index in [-0.39, 0.29) is 11.8 Å². The summed E-state index contributed by atoms with van der Waals surface area (Å²) in [5.41, 5.74) is 2.68. The highest BCUT2D eigenvalue weighted by Gasteiger charge is 2.34. The van der Waals surface area contributed by atoms with Crippen molar-refractivity contribution >= 4 is 11.6 Å². The number of aromatic nitrogens is 2. The quantitative estimate of drug-likeness (QED) is 0.674. The number of amides is 1. The molecule has 0 saturated carbocycles. The predicted molar refractivity (Wildman–Crippen MR) is 104 cm³/mol. The molecule has 2 heterocycles. The van der Waals surface area contributed by atoms with E-state index < -0.39 is 0 Å². The normalized spacial score (nSPS) is 16.5. The first-order chi connectivity index (χ1) is 13.6. The Labute approximate surface area is 162 Å². The molecule has 0 radical (unpaired) electrons. The number of nitrogens with zero attached hydrogens (tertiary/aromatic N) is 3. The van der Waals surface area contributed by atoms with E-state index in [1.807, 2.05) is 49.4 Å². The van der Waals surface area contributed by atoms with Crippen LogP contribution in [0.2, 0.25) is 0 Å². The number of aryl methyl sites for hydroxylation is 1. The smallest absolute Gasteiger partial charge is 0.258 e. The molecule has 1 aliphatic rings. The van der Waals surface area contributed by atoms with Crippen molar-refractivity contribution in [3.8, 4) is 23.0 Å². The van der Waals surface area contributed by atoms with Gasteiger partial charge in [0, 0.05) is 30.1 Å². The number of methoxy groups -OCH3 is 2. The lowest BCUT2D eigenvalue weighted by atomic mass is 10.1. The second kappa shape index (κ2) is 7.34. The molecule has 0 bridgehead atoms. The van der Waals surface area contributed by atoms with Crippen LogP contribution in [0, 0.1) is 6.92 Å². The molecule has 0 spiro atoms. The lowest BCUT2D eigenvalue weighted by Gasteiger charge is -2.16. The molecule has 1 saturated heterocycles. The van der Waals surface area contributed by atoms with Crippen molar-refractivity contribution in [2.24, 2.45) is 0 Å². The molecule has 1 atom stereocenters. The minimum absolute atomic E-state index is 0.0437. The molecule has 28 heavy (non-hydrogen) atoms. The molecular formula is C21H21N3O4. The van der Waals surface area contributed by atoms with Gasteiger partial charge in [-0.1, -0.05) is 5.16 Å². The summed E-state index contributed by atoms with van der Waals surface area (Å²) < 4.78 is 15.9. The van der Waals surface area contributed by atoms with E-state index in [0.717, 1.165) is 28.3 Å². The molecule has 1 aliphatic heterocycles. The summed E-state index contributed by atoms with van der Waals surface area (Å²) in [6.07, 6.45) is 0.354. The number of rotatable bonds is 5. The average Bonchev–Trinajstić information content (AvgIpc) is 3.35. The van der Waals surface area contributed by atoms with Crippen LogP contribution in [0.1, 0.15) is 23.7 Å². The van der Waals surface area contributed by atoms with Crippen molar-refractivity contribution in [1.29, 1.82) is 0 Å². The van der Waals surface area contributed by atoms with Gasteiger partial charge in [0.25, 0.3) is 5.89 Å². The Hall–Kier alpha value is -3.35. The Balaban J connectivity index is 1.53. The first-order valence-corrected chi connectivity index (χ1v) is 9.02. The Bertz CT molecular complexity index is 997. The van der Waals surface area contributed by atoms with Gasteiger partial charge in [-0.3, -0.25) is 4.79 Å². The molecule has 7 heteroatoms. The highest BCUT2D eigenvalue weighted by molar-refractivity contribution is 5.96. The van der Waals surface area contributed by atoms with Crippen LogP contribution in [-0.4, -0.2) is 36.8 Å². The fraction of sp³-hybridized carbons (Fsp3) is 0.286. The maximum atomic E-state index is 12.5. The average molecular weight is 379 g/mol. The minimum Gasteiger partial charge on any atom is -0.497 e. The Morgan fingerprint density at radius 1 is 1.07 bits per heavy atom. The lowest BCUT2D eigenvalue weighted by Crippen LogP contribution is -2.24. The molecule has 1 aromatic heterocycles. The maximum absolute atomic E-state index is 12.5. The van der Waals surface area contributed by atoms with Crippen LogP contribution >= 0.6 is 0 Å². The summed E-state index contributed by atoms with van der Waals surface area (Å²) in [6, 6.07) is 13.1. The van der Waals surface area contributed by atoms with Gasteiger partial charge in [-0.2, -0.15) is 4.98 Å². The second-order valence-electron chi connectivity index (χ2n) is 6.74. The van der Waals surface area contributed by atoms with Gasteiger partial charge in [-0.25, -0.2) is 0 Å². The SMILES string of the molecule is COc1ccc(N2CC(c3noc(-c4ccc(OC)cc4C)n3)CC2=O)cc1. The zero-order chi connectivity index (χ0) is 19.7. The third-order valence-electron chi connectivity index (χ3n) is 4.98. The number of carbonyl (C=O) groups is 1. The topological polar surface area (TPSA) is 77.7 Å². The number of hydrogen-bond donors (Lipinski definition) is 0. The van der Waals surface area contributed by atoms with Crippen LogP contribution in [0.5, 0.6) is 11.5 Å². The van der Waals surface area contributed by atoms with Gasteiger partial charge < -0.3 is 18.9 Å². The monoisotopic (exact) mass is 379 g/mol. The molecule has 3 aromatic rings. The summed E-state index contributed by atoms with van der Waals surface area (Å²) in [5.74, 6) is 2.47. The summed E-state index contributed by atoms with van der Waals surface area (Å²) in [5, 5.41) is 4.13. The molecule has 7 nitrogen and oxygen atoms in total. The van der Waals surface area contributed by atoms with Gasteiger partial charge in [0.05, 0.1) is 14.2 Å². The largest absolute Gasteiger partial charge is 0.497 e. The third kappa shape index (κ3) is 3.31. The van der Waals surface area contributed by atoms with Crippen LogP contribution in [-0.2, 0) is 4.79 Å². The lowest BCUT2D eigenvalue weighted by molar-refractivity contribution is -0.117.